The summed E-state index contributed by atoms with van der Waals surface area (Å²) in [4.78, 5) is 49.2. The Bertz CT molecular complexity index is 1330. The van der Waals surface area contributed by atoms with Crippen molar-refractivity contribution in [3.8, 4) is 11.5 Å². The number of likely N-dealkylation sites (tertiary alicyclic amines) is 1. The summed E-state index contributed by atoms with van der Waals surface area (Å²) in [5.74, 6) is -6.18. The molecule has 1 spiro atoms. The summed E-state index contributed by atoms with van der Waals surface area (Å²) in [7, 11) is 1.93. The lowest BCUT2D eigenvalue weighted by atomic mass is 9.50. The lowest BCUT2D eigenvalue weighted by Crippen LogP contribution is -2.74. The summed E-state index contributed by atoms with van der Waals surface area (Å²) in [6.07, 6.45) is -6.51. The fourth-order valence-corrected chi connectivity index (χ4v) is 6.36. The number of phenolic OH excluding ortho intramolecular Hbond substituents is 1. The Morgan fingerprint density at radius 2 is 1.90 bits per heavy atom. The summed E-state index contributed by atoms with van der Waals surface area (Å²) >= 11 is 0. The molecule has 0 saturated carbocycles. The molecule has 40 heavy (non-hydrogen) atoms. The number of nitrogens with zero attached hydrogens (tertiary/aromatic N) is 1. The highest BCUT2D eigenvalue weighted by Crippen LogP contribution is 2.65. The average Bonchev–Trinajstić information content (AvgIpc) is 3.23. The summed E-state index contributed by atoms with van der Waals surface area (Å²) in [5.41, 5.74) is -0.594. The maximum Gasteiger partial charge on any atom is 0.491 e. The number of aromatic hydroxyl groups is 1. The van der Waals surface area contributed by atoms with Gasteiger partial charge in [-0.3, -0.25) is 9.59 Å². The highest BCUT2D eigenvalue weighted by atomic mass is 19.4. The molecule has 0 aromatic heterocycles. The number of ether oxygens (including phenoxy) is 4. The molecular weight excluding hydrogens is 543 g/mol. The molecule has 0 unspecified atom stereocenters. The van der Waals surface area contributed by atoms with Crippen molar-refractivity contribution < 1.29 is 61.5 Å². The van der Waals surface area contributed by atoms with E-state index in [9.17, 15) is 42.6 Å². The smallest absolute Gasteiger partial charge is 0.491 e. The Balaban J connectivity index is 1.25. The van der Waals surface area contributed by atoms with Crippen molar-refractivity contribution in [1.82, 2.24) is 4.90 Å². The molecule has 1 aromatic rings. The number of carbonyl (C=O) groups is 4. The lowest BCUT2D eigenvalue weighted by molar-refractivity contribution is -0.205. The Morgan fingerprint density at radius 3 is 2.60 bits per heavy atom. The molecule has 1 fully saturated rings. The van der Waals surface area contributed by atoms with E-state index in [2.05, 4.69) is 14.4 Å². The van der Waals surface area contributed by atoms with Gasteiger partial charge >= 0.3 is 30.1 Å². The molecule has 2 N–H and O–H groups in total. The third-order valence-electron chi connectivity index (χ3n) is 8.18. The summed E-state index contributed by atoms with van der Waals surface area (Å²) in [6, 6.07) is 3.09. The van der Waals surface area contributed by atoms with Gasteiger partial charge in [-0.2, -0.15) is 13.2 Å². The minimum Gasteiger partial charge on any atom is -0.504 e. The topological polar surface area (TPSA) is 149 Å². The van der Waals surface area contributed by atoms with Gasteiger partial charge in [-0.15, -0.1) is 0 Å². The third kappa shape index (κ3) is 4.20. The number of rotatable bonds is 6. The first-order chi connectivity index (χ1) is 18.7. The first kappa shape index (κ1) is 27.9. The van der Waals surface area contributed by atoms with Crippen LogP contribution >= 0.6 is 0 Å². The van der Waals surface area contributed by atoms with Gasteiger partial charge in [-0.25, -0.2) is 9.59 Å². The van der Waals surface area contributed by atoms with Gasteiger partial charge in [0, 0.05) is 18.0 Å². The molecule has 5 rings (SSSR count). The van der Waals surface area contributed by atoms with Crippen molar-refractivity contribution in [2.24, 2.45) is 0 Å². The van der Waals surface area contributed by atoms with Crippen LogP contribution in [0.15, 0.2) is 24.0 Å². The van der Waals surface area contributed by atoms with E-state index in [0.717, 1.165) is 12.5 Å². The van der Waals surface area contributed by atoms with Crippen LogP contribution in [0.4, 0.5) is 13.2 Å². The molecule has 0 radical (unpaired) electrons. The average molecular weight is 569 g/mol. The van der Waals surface area contributed by atoms with Crippen LogP contribution in [0.25, 0.3) is 0 Å². The Kier molecular flexibility index (Phi) is 6.61. The van der Waals surface area contributed by atoms with E-state index in [1.165, 1.54) is 6.07 Å². The van der Waals surface area contributed by atoms with E-state index in [0.29, 0.717) is 24.9 Å². The van der Waals surface area contributed by atoms with Gasteiger partial charge in [-0.1, -0.05) is 6.07 Å². The molecule has 216 valence electrons. The number of esters is 4. The number of hydrogen-bond donors (Lipinski definition) is 2. The monoisotopic (exact) mass is 569 g/mol. The predicted octanol–water partition coefficient (Wildman–Crippen LogP) is 1.56. The van der Waals surface area contributed by atoms with Crippen molar-refractivity contribution in [3.63, 3.8) is 0 Å². The van der Waals surface area contributed by atoms with Crippen molar-refractivity contribution in [1.29, 1.82) is 0 Å². The number of carbonyl (C=O) groups excluding carboxylic acids is 4. The summed E-state index contributed by atoms with van der Waals surface area (Å²) in [6.45, 7) is 1.54. The Labute approximate surface area is 225 Å². The molecule has 11 nitrogen and oxygen atoms in total. The molecule has 2 aliphatic heterocycles. The second kappa shape index (κ2) is 9.47. The number of hydrogen-bond acceptors (Lipinski definition) is 11. The van der Waals surface area contributed by atoms with Crippen LogP contribution in [0.2, 0.25) is 0 Å². The van der Waals surface area contributed by atoms with E-state index in [-0.39, 0.29) is 29.7 Å². The second-order valence-corrected chi connectivity index (χ2v) is 10.4. The molecule has 14 heteroatoms. The van der Waals surface area contributed by atoms with Crippen molar-refractivity contribution in [3.05, 3.63) is 35.1 Å². The Morgan fingerprint density at radius 1 is 1.20 bits per heavy atom. The van der Waals surface area contributed by atoms with Crippen molar-refractivity contribution in [2.75, 3.05) is 13.6 Å². The number of phenols is 1. The first-order valence-electron chi connectivity index (χ1n) is 12.6. The van der Waals surface area contributed by atoms with Crippen LogP contribution in [0.1, 0.15) is 43.7 Å². The standard InChI is InChI=1S/C26H26F3NO10/c1-12(22(34)40-23(35)26(27,28)29)37-17(32)5-6-18(33)38-15-7-8-25(36)16-11-13-3-4-14(31)20-19(13)24(25,21(15)39-20)9-10-30(16)2/h3-4,7,12,16,21,31,36H,5-6,8-11H2,1-2H3/t12-,16+,21-,24-,25+/m0/s1. The van der Waals surface area contributed by atoms with E-state index >= 15 is 0 Å². The molecule has 2 bridgehead atoms. The second-order valence-electron chi connectivity index (χ2n) is 10.4. The minimum atomic E-state index is -5.40. The van der Waals surface area contributed by atoms with Gasteiger partial charge in [0.15, 0.2) is 23.7 Å². The zero-order valence-electron chi connectivity index (χ0n) is 21.4. The number of aliphatic hydroxyl groups is 1. The van der Waals surface area contributed by atoms with Crippen LogP contribution < -0.4 is 4.74 Å². The zero-order valence-corrected chi connectivity index (χ0v) is 21.4. The fraction of sp³-hybridized carbons (Fsp3) is 0.538. The summed E-state index contributed by atoms with van der Waals surface area (Å²) < 4.78 is 56.7. The maximum atomic E-state index is 12.7. The SMILES string of the molecule is C[C@H](OC(=O)CCC(=O)OC1=CC[C@@]2(O)[C@H]3Cc4ccc(O)c5c4[C@@]2(CCN3C)[C@H]1O5)C(=O)OC(=O)C(F)(F)F. The zero-order chi connectivity index (χ0) is 29.2. The van der Waals surface area contributed by atoms with E-state index in [1.807, 2.05) is 7.05 Å². The van der Waals surface area contributed by atoms with Crippen LogP contribution in [0.5, 0.6) is 11.5 Å². The van der Waals surface area contributed by atoms with Gasteiger partial charge in [0.05, 0.1) is 23.9 Å². The number of likely N-dealkylation sites (N-methyl/N-ethyl adjacent to an activating group) is 1. The fourth-order valence-electron chi connectivity index (χ4n) is 6.36. The van der Waals surface area contributed by atoms with Crippen molar-refractivity contribution >= 4 is 23.9 Å². The van der Waals surface area contributed by atoms with E-state index in [4.69, 9.17) is 9.47 Å². The maximum absolute atomic E-state index is 12.7. The number of alkyl halides is 3. The van der Waals surface area contributed by atoms with Crippen LogP contribution in [-0.2, 0) is 45.2 Å². The third-order valence-corrected chi connectivity index (χ3v) is 8.18. The van der Waals surface area contributed by atoms with E-state index in [1.54, 1.807) is 12.1 Å². The van der Waals surface area contributed by atoms with Gasteiger partial charge in [0.1, 0.15) is 5.76 Å². The largest absolute Gasteiger partial charge is 0.504 e. The molecule has 1 aromatic carbocycles. The van der Waals surface area contributed by atoms with Crippen LogP contribution in [0.3, 0.4) is 0 Å². The van der Waals surface area contributed by atoms with Gasteiger partial charge < -0.3 is 34.1 Å². The lowest BCUT2D eigenvalue weighted by Gasteiger charge is -2.61. The Hall–Kier alpha value is -3.65. The normalized spacial score (nSPS) is 28.9. The van der Waals surface area contributed by atoms with Crippen LogP contribution in [-0.4, -0.2) is 82.6 Å². The van der Waals surface area contributed by atoms with Crippen molar-refractivity contribution in [2.45, 2.75) is 74.5 Å². The molecule has 0 amide bonds. The molecule has 2 heterocycles. The highest BCUT2D eigenvalue weighted by molar-refractivity contribution is 5.91. The number of benzene rings is 1. The number of halogens is 3. The van der Waals surface area contributed by atoms with Gasteiger partial charge in [0.2, 0.25) is 0 Å². The van der Waals surface area contributed by atoms with Gasteiger partial charge in [-0.05, 0) is 51.1 Å². The first-order valence-corrected chi connectivity index (χ1v) is 12.6. The molecule has 5 atom stereocenters. The summed E-state index contributed by atoms with van der Waals surface area (Å²) in [5, 5.41) is 22.6. The molecule has 1 saturated heterocycles. The minimum absolute atomic E-state index is 0.0970. The highest BCUT2D eigenvalue weighted by Gasteiger charge is 2.72. The van der Waals surface area contributed by atoms with Crippen LogP contribution in [0, 0.1) is 0 Å². The number of piperidine rings is 1. The van der Waals surface area contributed by atoms with E-state index < -0.39 is 66.1 Å². The molecule has 2 aliphatic carbocycles. The quantitative estimate of drug-likeness (QED) is 0.292. The molecular formula is C26H26F3NO10. The van der Waals surface area contributed by atoms with Gasteiger partial charge in [0.25, 0.3) is 0 Å². The molecule has 4 aliphatic rings. The predicted molar refractivity (Wildman–Crippen MR) is 125 cm³/mol.